The molecule has 0 aromatic heterocycles. The van der Waals surface area contributed by atoms with Crippen molar-refractivity contribution in [3.63, 3.8) is 0 Å². The second-order valence-electron chi connectivity index (χ2n) is 3.23. The average molecular weight is 243 g/mol. The average Bonchev–Trinajstić information content (AvgIpc) is 3.10. The van der Waals surface area contributed by atoms with Crippen LogP contribution in [0.3, 0.4) is 0 Å². The van der Waals surface area contributed by atoms with Gasteiger partial charge in [0.25, 0.3) is 5.69 Å². The Morgan fingerprint density at radius 3 is 3.00 bits per heavy atom. The van der Waals surface area contributed by atoms with Crippen LogP contribution in [0.1, 0.15) is 0 Å². The lowest BCUT2D eigenvalue weighted by atomic mass is 10.3. The Labute approximate surface area is 94.0 Å². The van der Waals surface area contributed by atoms with E-state index in [1.54, 1.807) is 0 Å². The molecule has 1 aromatic rings. The van der Waals surface area contributed by atoms with Gasteiger partial charge in [0.1, 0.15) is 6.10 Å². The molecule has 2 rings (SSSR count). The quantitative estimate of drug-likeness (QED) is 0.438. The summed E-state index contributed by atoms with van der Waals surface area (Å²) in [6, 6.07) is 5.58. The number of hydrogen-bond donors (Lipinski definition) is 0. The fourth-order valence-corrected chi connectivity index (χ4v) is 1.89. The lowest BCUT2D eigenvalue weighted by Crippen LogP contribution is -2.05. The summed E-state index contributed by atoms with van der Waals surface area (Å²) in [5.41, 5.74) is -0.0999. The van der Waals surface area contributed by atoms with Gasteiger partial charge in [0.05, 0.1) is 23.0 Å². The molecular formula is C9H9NO5S. The van der Waals surface area contributed by atoms with Gasteiger partial charge in [-0.15, -0.1) is 0 Å². The fraction of sp³-hybridized carbons (Fsp3) is 0.333. The van der Waals surface area contributed by atoms with Gasteiger partial charge in [0.2, 0.25) is 0 Å². The highest BCUT2D eigenvalue weighted by Crippen LogP contribution is 2.18. The van der Waals surface area contributed by atoms with Crippen molar-refractivity contribution in [3.8, 4) is 0 Å². The van der Waals surface area contributed by atoms with E-state index >= 15 is 0 Å². The molecule has 2 atom stereocenters. The molecule has 6 nitrogen and oxygen atoms in total. The molecule has 0 bridgehead atoms. The normalized spacial score (nSPS) is 20.4. The zero-order valence-corrected chi connectivity index (χ0v) is 9.01. The van der Waals surface area contributed by atoms with Crippen LogP contribution in [-0.4, -0.2) is 28.4 Å². The topological polar surface area (TPSA) is 82.0 Å². The SMILES string of the molecule is O=[N+]([O-])c1cccc(S(=O)OC[C@@H]2CO2)c1. The minimum absolute atomic E-state index is 0.0163. The van der Waals surface area contributed by atoms with Gasteiger partial charge >= 0.3 is 0 Å². The number of rotatable bonds is 5. The molecule has 0 amide bonds. The van der Waals surface area contributed by atoms with Crippen molar-refractivity contribution < 1.29 is 18.1 Å². The molecule has 1 aliphatic rings. The Morgan fingerprint density at radius 1 is 1.62 bits per heavy atom. The molecule has 1 fully saturated rings. The van der Waals surface area contributed by atoms with E-state index in [1.165, 1.54) is 24.3 Å². The first kappa shape index (κ1) is 11.2. The number of ether oxygens (including phenoxy) is 1. The minimum Gasteiger partial charge on any atom is -0.371 e. The number of non-ortho nitro benzene ring substituents is 1. The lowest BCUT2D eigenvalue weighted by molar-refractivity contribution is -0.385. The standard InChI is InChI=1S/C9H9NO5S/c11-10(12)7-2-1-3-9(4-7)16(13)15-6-8-5-14-8/h1-4,8H,5-6H2/t8-,16?/m0/s1. The summed E-state index contributed by atoms with van der Waals surface area (Å²) in [6.07, 6.45) is 0.0163. The van der Waals surface area contributed by atoms with Gasteiger partial charge in [-0.05, 0) is 6.07 Å². The van der Waals surface area contributed by atoms with Crippen molar-refractivity contribution in [3.05, 3.63) is 34.4 Å². The smallest absolute Gasteiger partial charge is 0.270 e. The Morgan fingerprint density at radius 2 is 2.38 bits per heavy atom. The third-order valence-electron chi connectivity index (χ3n) is 1.98. The van der Waals surface area contributed by atoms with Crippen molar-refractivity contribution in [2.45, 2.75) is 11.0 Å². The van der Waals surface area contributed by atoms with Crippen LogP contribution in [0.25, 0.3) is 0 Å². The Hall–Kier alpha value is -1.31. The zero-order chi connectivity index (χ0) is 11.5. The van der Waals surface area contributed by atoms with E-state index in [2.05, 4.69) is 0 Å². The Bertz CT molecular complexity index is 432. The summed E-state index contributed by atoms with van der Waals surface area (Å²) in [7, 11) is 0. The van der Waals surface area contributed by atoms with Crippen molar-refractivity contribution in [1.29, 1.82) is 0 Å². The van der Waals surface area contributed by atoms with Crippen LogP contribution in [0.15, 0.2) is 29.2 Å². The van der Waals surface area contributed by atoms with Crippen molar-refractivity contribution >= 4 is 16.8 Å². The molecule has 0 radical (unpaired) electrons. The van der Waals surface area contributed by atoms with Gasteiger partial charge in [0, 0.05) is 12.1 Å². The van der Waals surface area contributed by atoms with Crippen LogP contribution in [0, 0.1) is 10.1 Å². The number of nitro groups is 1. The third-order valence-corrected chi connectivity index (χ3v) is 2.97. The molecule has 1 saturated heterocycles. The first-order valence-electron chi connectivity index (χ1n) is 4.58. The molecular weight excluding hydrogens is 234 g/mol. The van der Waals surface area contributed by atoms with Gasteiger partial charge < -0.3 is 4.74 Å². The molecule has 16 heavy (non-hydrogen) atoms. The molecule has 0 saturated carbocycles. The van der Waals surface area contributed by atoms with E-state index in [9.17, 15) is 14.3 Å². The molecule has 1 unspecified atom stereocenters. The second kappa shape index (κ2) is 4.69. The van der Waals surface area contributed by atoms with E-state index in [-0.39, 0.29) is 23.3 Å². The summed E-state index contributed by atoms with van der Waals surface area (Å²) in [5, 5.41) is 10.5. The first-order chi connectivity index (χ1) is 7.66. The highest BCUT2D eigenvalue weighted by molar-refractivity contribution is 7.80. The largest absolute Gasteiger partial charge is 0.371 e. The molecule has 0 spiro atoms. The van der Waals surface area contributed by atoms with E-state index in [1.807, 2.05) is 0 Å². The van der Waals surface area contributed by atoms with E-state index in [0.29, 0.717) is 6.61 Å². The maximum atomic E-state index is 11.6. The van der Waals surface area contributed by atoms with Crippen LogP contribution in [0.5, 0.6) is 0 Å². The van der Waals surface area contributed by atoms with Gasteiger partial charge in [-0.2, -0.15) is 0 Å². The fourth-order valence-electron chi connectivity index (χ4n) is 1.07. The molecule has 1 aliphatic heterocycles. The predicted molar refractivity (Wildman–Crippen MR) is 55.2 cm³/mol. The summed E-state index contributed by atoms with van der Waals surface area (Å²) in [6.45, 7) is 0.863. The minimum atomic E-state index is -1.68. The van der Waals surface area contributed by atoms with Gasteiger partial charge in [-0.25, -0.2) is 4.21 Å². The van der Waals surface area contributed by atoms with Gasteiger partial charge in [0.15, 0.2) is 11.1 Å². The summed E-state index contributed by atoms with van der Waals surface area (Å²) in [4.78, 5) is 10.2. The molecule has 0 aliphatic carbocycles. The van der Waals surface area contributed by atoms with Crippen molar-refractivity contribution in [1.82, 2.24) is 0 Å². The molecule has 0 N–H and O–H groups in total. The monoisotopic (exact) mass is 243 g/mol. The maximum absolute atomic E-state index is 11.6. The molecule has 86 valence electrons. The van der Waals surface area contributed by atoms with Crippen LogP contribution >= 0.6 is 0 Å². The molecule has 1 heterocycles. The summed E-state index contributed by atoms with van der Waals surface area (Å²) < 4.78 is 21.5. The third kappa shape index (κ3) is 2.84. The summed E-state index contributed by atoms with van der Waals surface area (Å²) in [5.74, 6) is 0. The molecule has 1 aromatic carbocycles. The van der Waals surface area contributed by atoms with Crippen molar-refractivity contribution in [2.75, 3.05) is 13.2 Å². The van der Waals surface area contributed by atoms with Gasteiger partial charge in [-0.3, -0.25) is 14.3 Å². The maximum Gasteiger partial charge on any atom is 0.270 e. The lowest BCUT2D eigenvalue weighted by Gasteiger charge is -2.01. The number of nitro benzene ring substituents is 1. The van der Waals surface area contributed by atoms with Crippen molar-refractivity contribution in [2.24, 2.45) is 0 Å². The highest BCUT2D eigenvalue weighted by atomic mass is 32.2. The zero-order valence-electron chi connectivity index (χ0n) is 8.20. The number of epoxide rings is 1. The van der Waals surface area contributed by atoms with E-state index in [0.717, 1.165) is 0 Å². The number of benzene rings is 1. The van der Waals surface area contributed by atoms with Gasteiger partial charge in [-0.1, -0.05) is 6.07 Å². The van der Waals surface area contributed by atoms with E-state index in [4.69, 9.17) is 8.92 Å². The highest BCUT2D eigenvalue weighted by Gasteiger charge is 2.24. The van der Waals surface area contributed by atoms with Crippen LogP contribution in [0.2, 0.25) is 0 Å². The summed E-state index contributed by atoms with van der Waals surface area (Å²) >= 11 is -1.68. The van der Waals surface area contributed by atoms with Crippen LogP contribution < -0.4 is 0 Å². The molecule has 7 heteroatoms. The Kier molecular flexibility index (Phi) is 3.28. The first-order valence-corrected chi connectivity index (χ1v) is 5.65. The number of hydrogen-bond acceptors (Lipinski definition) is 5. The predicted octanol–water partition coefficient (Wildman–Crippen LogP) is 1.03. The second-order valence-corrected chi connectivity index (χ2v) is 4.41. The Balaban J connectivity index is 2.03. The van der Waals surface area contributed by atoms with Crippen LogP contribution in [0.4, 0.5) is 5.69 Å². The van der Waals surface area contributed by atoms with E-state index < -0.39 is 16.0 Å². The number of nitrogens with zero attached hydrogens (tertiary/aromatic N) is 1. The van der Waals surface area contributed by atoms with Crippen LogP contribution in [-0.2, 0) is 20.0 Å².